The Morgan fingerprint density at radius 3 is 1.54 bits per heavy atom. The summed E-state index contributed by atoms with van der Waals surface area (Å²) in [5.74, 6) is -5.12. The van der Waals surface area contributed by atoms with Gasteiger partial charge in [0.1, 0.15) is 0 Å². The topological polar surface area (TPSA) is 0 Å². The molecule has 6 heteroatoms. The third kappa shape index (κ3) is 6.87. The maximum atomic E-state index is 13.7. The van der Waals surface area contributed by atoms with Crippen molar-refractivity contribution in [3.8, 4) is 0 Å². The summed E-state index contributed by atoms with van der Waals surface area (Å²) >= 11 is 4.27. The lowest BCUT2D eigenvalue weighted by molar-refractivity contribution is 0.401. The summed E-state index contributed by atoms with van der Waals surface area (Å²) in [6, 6.07) is 0. The van der Waals surface area contributed by atoms with E-state index in [1.807, 2.05) is 0 Å². The van der Waals surface area contributed by atoms with Gasteiger partial charge in [-0.1, -0.05) is 64.7 Å². The highest BCUT2D eigenvalue weighted by atomic mass is 32.2. The number of thiol groups is 1. The minimum absolute atomic E-state index is 0.440. The van der Waals surface area contributed by atoms with E-state index in [4.69, 9.17) is 0 Å². The van der Waals surface area contributed by atoms with Gasteiger partial charge in [-0.3, -0.25) is 0 Å². The quantitative estimate of drug-likeness (QED) is 0.128. The molecule has 1 rings (SSSR count). The first kappa shape index (κ1) is 21.7. The highest BCUT2D eigenvalue weighted by Crippen LogP contribution is 2.33. The summed E-state index contributed by atoms with van der Waals surface area (Å²) in [4.78, 5) is -1.49. The molecule has 0 aromatic heterocycles. The van der Waals surface area contributed by atoms with Crippen LogP contribution in [0.4, 0.5) is 17.6 Å². The molecule has 138 valence electrons. The van der Waals surface area contributed by atoms with Crippen molar-refractivity contribution < 1.29 is 17.6 Å². The van der Waals surface area contributed by atoms with E-state index in [-0.39, 0.29) is 0 Å². The Balaban J connectivity index is 2.20. The first-order valence-corrected chi connectivity index (χ1v) is 10.1. The highest BCUT2D eigenvalue weighted by Gasteiger charge is 2.23. The monoisotopic (exact) mass is 382 g/mol. The Morgan fingerprint density at radius 2 is 1.08 bits per heavy atom. The molecule has 0 spiro atoms. The lowest BCUT2D eigenvalue weighted by atomic mass is 10.1. The SMILES string of the molecule is CCCCCCCCCCCCSc1c(F)c(F)c(S)c(F)c1F. The predicted molar refractivity (Wildman–Crippen MR) is 96.1 cm³/mol. The fourth-order valence-electron chi connectivity index (χ4n) is 2.49. The van der Waals surface area contributed by atoms with Crippen molar-refractivity contribution in [3.05, 3.63) is 23.3 Å². The molecule has 0 amide bonds. The summed E-state index contributed by atoms with van der Waals surface area (Å²) < 4.78 is 54.1. The van der Waals surface area contributed by atoms with E-state index in [1.165, 1.54) is 38.5 Å². The highest BCUT2D eigenvalue weighted by molar-refractivity contribution is 7.99. The van der Waals surface area contributed by atoms with Crippen LogP contribution in [0.2, 0.25) is 0 Å². The Bertz CT molecular complexity index is 477. The summed E-state index contributed by atoms with van der Waals surface area (Å²) in [6.45, 7) is 2.20. The molecule has 0 aliphatic heterocycles. The van der Waals surface area contributed by atoms with Gasteiger partial charge in [0.05, 0.1) is 9.79 Å². The molecule has 0 atom stereocenters. The van der Waals surface area contributed by atoms with Gasteiger partial charge in [0.2, 0.25) is 0 Å². The van der Waals surface area contributed by atoms with Crippen molar-refractivity contribution in [2.45, 2.75) is 80.9 Å². The fraction of sp³-hybridized carbons (Fsp3) is 0.667. The van der Waals surface area contributed by atoms with Crippen LogP contribution in [-0.4, -0.2) is 5.75 Å². The van der Waals surface area contributed by atoms with Crippen LogP contribution in [0.1, 0.15) is 71.1 Å². The van der Waals surface area contributed by atoms with Gasteiger partial charge in [0.25, 0.3) is 0 Å². The summed E-state index contributed by atoms with van der Waals surface area (Å²) in [5, 5.41) is 0. The summed E-state index contributed by atoms with van der Waals surface area (Å²) in [5.41, 5.74) is 0. The van der Waals surface area contributed by atoms with E-state index in [9.17, 15) is 17.6 Å². The Morgan fingerprint density at radius 1 is 0.667 bits per heavy atom. The van der Waals surface area contributed by atoms with Crippen LogP contribution in [0, 0.1) is 23.3 Å². The zero-order valence-electron chi connectivity index (χ0n) is 14.1. The second kappa shape index (κ2) is 12.1. The van der Waals surface area contributed by atoms with Gasteiger partial charge >= 0.3 is 0 Å². The van der Waals surface area contributed by atoms with E-state index >= 15 is 0 Å². The van der Waals surface area contributed by atoms with Gasteiger partial charge in [-0.25, -0.2) is 17.6 Å². The minimum Gasteiger partial charge on any atom is -0.202 e. The van der Waals surface area contributed by atoms with Gasteiger partial charge in [0, 0.05) is 0 Å². The van der Waals surface area contributed by atoms with Crippen LogP contribution >= 0.6 is 24.4 Å². The van der Waals surface area contributed by atoms with Crippen molar-refractivity contribution >= 4 is 24.4 Å². The Hall–Kier alpha value is -0.360. The van der Waals surface area contributed by atoms with E-state index in [2.05, 4.69) is 19.6 Å². The van der Waals surface area contributed by atoms with Gasteiger partial charge in [-0.15, -0.1) is 24.4 Å². The minimum atomic E-state index is -1.43. The van der Waals surface area contributed by atoms with Crippen LogP contribution in [0.25, 0.3) is 0 Å². The van der Waals surface area contributed by atoms with E-state index in [0.717, 1.165) is 37.4 Å². The molecule has 24 heavy (non-hydrogen) atoms. The first-order valence-electron chi connectivity index (χ1n) is 8.68. The number of unbranched alkanes of at least 4 members (excludes halogenated alkanes) is 9. The standard InChI is InChI=1S/C18H26F4S2/c1-2-3-4-5-6-7-8-9-10-11-12-24-18-15(21)13(19)17(23)14(20)16(18)22/h23H,2-12H2,1H3. The van der Waals surface area contributed by atoms with Gasteiger partial charge in [-0.05, 0) is 12.2 Å². The summed E-state index contributed by atoms with van der Waals surface area (Å²) in [6.07, 6.45) is 11.6. The second-order valence-electron chi connectivity index (χ2n) is 5.96. The van der Waals surface area contributed by atoms with Crippen LogP contribution in [-0.2, 0) is 0 Å². The van der Waals surface area contributed by atoms with Gasteiger partial charge in [0.15, 0.2) is 23.3 Å². The average molecular weight is 383 g/mol. The van der Waals surface area contributed by atoms with Crippen molar-refractivity contribution in [2.75, 3.05) is 5.75 Å². The number of hydrogen-bond donors (Lipinski definition) is 1. The third-order valence-corrected chi connectivity index (χ3v) is 5.48. The number of thioether (sulfide) groups is 1. The zero-order chi connectivity index (χ0) is 17.9. The molecule has 0 aliphatic rings. The lowest BCUT2D eigenvalue weighted by Gasteiger charge is -2.08. The molecule has 0 fully saturated rings. The van der Waals surface area contributed by atoms with E-state index < -0.39 is 33.1 Å². The molecule has 0 N–H and O–H groups in total. The number of halogens is 4. The fourth-order valence-corrected chi connectivity index (χ4v) is 3.67. The van der Waals surface area contributed by atoms with E-state index in [1.54, 1.807) is 0 Å². The smallest absolute Gasteiger partial charge is 0.176 e. The molecule has 0 unspecified atom stereocenters. The Kier molecular flexibility index (Phi) is 10.9. The molecule has 0 heterocycles. The van der Waals surface area contributed by atoms with Crippen LogP contribution < -0.4 is 0 Å². The maximum absolute atomic E-state index is 13.7. The molecule has 0 radical (unpaired) electrons. The van der Waals surface area contributed by atoms with Crippen molar-refractivity contribution in [1.82, 2.24) is 0 Å². The van der Waals surface area contributed by atoms with Crippen LogP contribution in [0.3, 0.4) is 0 Å². The third-order valence-electron chi connectivity index (χ3n) is 3.94. The number of hydrogen-bond acceptors (Lipinski definition) is 2. The molecule has 0 saturated heterocycles. The largest absolute Gasteiger partial charge is 0.202 e. The lowest BCUT2D eigenvalue weighted by Crippen LogP contribution is -2.00. The summed E-state index contributed by atoms with van der Waals surface area (Å²) in [7, 11) is 0. The molecular weight excluding hydrogens is 356 g/mol. The normalized spacial score (nSPS) is 11.2. The van der Waals surface area contributed by atoms with Gasteiger partial charge < -0.3 is 0 Å². The average Bonchev–Trinajstić information content (AvgIpc) is 2.58. The van der Waals surface area contributed by atoms with Crippen molar-refractivity contribution in [2.24, 2.45) is 0 Å². The molecule has 0 bridgehead atoms. The molecule has 0 nitrogen and oxygen atoms in total. The van der Waals surface area contributed by atoms with Gasteiger partial charge in [-0.2, -0.15) is 0 Å². The zero-order valence-corrected chi connectivity index (χ0v) is 15.9. The Labute approximate surface area is 152 Å². The molecular formula is C18H26F4S2. The predicted octanol–water partition coefficient (Wildman–Crippen LogP) is 7.54. The van der Waals surface area contributed by atoms with E-state index in [0.29, 0.717) is 5.75 Å². The maximum Gasteiger partial charge on any atom is 0.176 e. The molecule has 0 saturated carbocycles. The first-order chi connectivity index (χ1) is 11.5. The number of rotatable bonds is 12. The number of benzene rings is 1. The second-order valence-corrected chi connectivity index (χ2v) is 7.52. The molecule has 1 aromatic rings. The molecule has 1 aromatic carbocycles. The van der Waals surface area contributed by atoms with Crippen molar-refractivity contribution in [1.29, 1.82) is 0 Å². The van der Waals surface area contributed by atoms with Crippen LogP contribution in [0.5, 0.6) is 0 Å². The van der Waals surface area contributed by atoms with Crippen LogP contribution in [0.15, 0.2) is 9.79 Å². The molecule has 0 aliphatic carbocycles. The van der Waals surface area contributed by atoms with Crippen molar-refractivity contribution in [3.63, 3.8) is 0 Å².